The van der Waals surface area contributed by atoms with Gasteiger partial charge in [0.25, 0.3) is 5.91 Å². The van der Waals surface area contributed by atoms with E-state index in [2.05, 4.69) is 31.2 Å². The molecule has 0 aliphatic rings. The smallest absolute Gasteiger partial charge is 0.268 e. The number of rotatable bonds is 3. The first-order valence-electron chi connectivity index (χ1n) is 6.69. The van der Waals surface area contributed by atoms with Gasteiger partial charge in [-0.3, -0.25) is 4.79 Å². The maximum Gasteiger partial charge on any atom is 0.268 e. The number of benzene rings is 1. The van der Waals surface area contributed by atoms with Crippen molar-refractivity contribution in [3.05, 3.63) is 63.5 Å². The fraction of sp³-hybridized carbons (Fsp3) is 0.0625. The predicted molar refractivity (Wildman–Crippen MR) is 92.1 cm³/mol. The summed E-state index contributed by atoms with van der Waals surface area (Å²) in [5.74, 6) is -0.193. The lowest BCUT2D eigenvalue weighted by atomic mass is 10.2. The lowest BCUT2D eigenvalue weighted by molar-refractivity contribution is 0.103. The summed E-state index contributed by atoms with van der Waals surface area (Å²) in [6, 6.07) is 8.21. The molecule has 0 fully saturated rings. The fourth-order valence-electron chi connectivity index (χ4n) is 1.98. The van der Waals surface area contributed by atoms with E-state index in [0.717, 1.165) is 21.4 Å². The number of pyridine rings is 1. The molecule has 0 bridgehead atoms. The maximum atomic E-state index is 13.8. The van der Waals surface area contributed by atoms with Crippen molar-refractivity contribution in [3.8, 4) is 10.6 Å². The lowest BCUT2D eigenvalue weighted by Crippen LogP contribution is -2.12. The van der Waals surface area contributed by atoms with Gasteiger partial charge >= 0.3 is 0 Å². The minimum Gasteiger partial charge on any atom is -0.306 e. The van der Waals surface area contributed by atoms with Crippen molar-refractivity contribution >= 4 is 39.0 Å². The Balaban J connectivity index is 1.83. The van der Waals surface area contributed by atoms with Crippen LogP contribution in [0.15, 0.2) is 47.2 Å². The molecule has 0 spiro atoms. The molecular weight excluding hydrogens is 381 g/mol. The van der Waals surface area contributed by atoms with E-state index in [4.69, 9.17) is 0 Å². The van der Waals surface area contributed by atoms with Crippen LogP contribution in [0.3, 0.4) is 0 Å². The van der Waals surface area contributed by atoms with E-state index >= 15 is 0 Å². The van der Waals surface area contributed by atoms with Crippen LogP contribution in [0.2, 0.25) is 0 Å². The van der Waals surface area contributed by atoms with E-state index in [1.807, 2.05) is 13.0 Å². The topological polar surface area (TPSA) is 54.9 Å². The molecule has 0 radical (unpaired) electrons. The van der Waals surface area contributed by atoms with Crippen LogP contribution in [0.25, 0.3) is 10.6 Å². The number of nitrogens with zero attached hydrogens (tertiary/aromatic N) is 2. The molecule has 116 valence electrons. The number of carbonyl (C=O) groups is 1. The third-order valence-corrected chi connectivity index (χ3v) is 4.57. The minimum absolute atomic E-state index is 0.317. The quantitative estimate of drug-likeness (QED) is 0.705. The van der Waals surface area contributed by atoms with Crippen molar-refractivity contribution in [2.45, 2.75) is 6.92 Å². The second kappa shape index (κ2) is 6.55. The van der Waals surface area contributed by atoms with Crippen LogP contribution in [-0.2, 0) is 0 Å². The van der Waals surface area contributed by atoms with Crippen LogP contribution in [0, 0.1) is 12.7 Å². The van der Waals surface area contributed by atoms with E-state index in [0.29, 0.717) is 21.3 Å². The molecule has 1 N–H and O–H groups in total. The summed E-state index contributed by atoms with van der Waals surface area (Å²) in [7, 11) is 0. The molecule has 1 amide bonds. The lowest BCUT2D eigenvalue weighted by Gasteiger charge is -2.05. The number of nitrogens with one attached hydrogen (secondary N) is 1. The van der Waals surface area contributed by atoms with Crippen LogP contribution in [-0.4, -0.2) is 15.9 Å². The first-order chi connectivity index (χ1) is 11.0. The van der Waals surface area contributed by atoms with Crippen molar-refractivity contribution in [1.82, 2.24) is 9.97 Å². The van der Waals surface area contributed by atoms with Gasteiger partial charge in [0.05, 0.1) is 6.20 Å². The highest BCUT2D eigenvalue weighted by molar-refractivity contribution is 9.10. The van der Waals surface area contributed by atoms with Crippen LogP contribution >= 0.6 is 27.3 Å². The highest BCUT2D eigenvalue weighted by Gasteiger charge is 2.15. The second-order valence-corrected chi connectivity index (χ2v) is 6.73. The van der Waals surface area contributed by atoms with Gasteiger partial charge in [-0.2, -0.15) is 0 Å². The molecular formula is C16H11BrFN3OS. The molecule has 0 aliphatic heterocycles. The minimum atomic E-state index is -0.362. The first-order valence-corrected chi connectivity index (χ1v) is 8.30. The first kappa shape index (κ1) is 15.8. The normalized spacial score (nSPS) is 10.6. The highest BCUT2D eigenvalue weighted by Crippen LogP contribution is 2.28. The Bertz CT molecular complexity index is 881. The van der Waals surface area contributed by atoms with Gasteiger partial charge in [0.15, 0.2) is 0 Å². The predicted octanol–water partition coefficient (Wildman–Crippen LogP) is 4.67. The number of hydrogen-bond acceptors (Lipinski definition) is 4. The molecule has 0 saturated carbocycles. The molecule has 4 nitrogen and oxygen atoms in total. The number of thiazole rings is 1. The Hall–Kier alpha value is -2.12. The monoisotopic (exact) mass is 391 g/mol. The summed E-state index contributed by atoms with van der Waals surface area (Å²) >= 11 is 4.46. The largest absolute Gasteiger partial charge is 0.306 e. The van der Waals surface area contributed by atoms with Gasteiger partial charge in [0, 0.05) is 16.2 Å². The van der Waals surface area contributed by atoms with Crippen molar-refractivity contribution in [2.24, 2.45) is 0 Å². The molecule has 23 heavy (non-hydrogen) atoms. The van der Waals surface area contributed by atoms with E-state index < -0.39 is 0 Å². The van der Waals surface area contributed by atoms with Crippen molar-refractivity contribution in [2.75, 3.05) is 5.32 Å². The van der Waals surface area contributed by atoms with Gasteiger partial charge in [-0.15, -0.1) is 11.3 Å². The zero-order chi connectivity index (χ0) is 16.4. The van der Waals surface area contributed by atoms with Crippen molar-refractivity contribution in [3.63, 3.8) is 0 Å². The zero-order valence-electron chi connectivity index (χ0n) is 12.0. The summed E-state index contributed by atoms with van der Waals surface area (Å²) in [6.07, 6.45) is 3.05. The summed E-state index contributed by atoms with van der Waals surface area (Å²) < 4.78 is 14.6. The van der Waals surface area contributed by atoms with Crippen LogP contribution < -0.4 is 5.32 Å². The number of halogens is 2. The van der Waals surface area contributed by atoms with Crippen LogP contribution in [0.1, 0.15) is 15.2 Å². The molecule has 0 saturated heterocycles. The molecule has 1 aromatic carbocycles. The molecule has 7 heteroatoms. The van der Waals surface area contributed by atoms with Gasteiger partial charge in [-0.1, -0.05) is 12.1 Å². The standard InChI is InChI=1S/C16H11BrFN3OS/c1-9-6-10(17)7-19-14(9)21-15(22)13-8-20-16(23-13)11-4-2-3-5-12(11)18/h2-8H,1H3,(H,19,21,22). The molecule has 3 aromatic rings. The number of carbonyl (C=O) groups excluding carboxylic acids is 1. The summed E-state index contributed by atoms with van der Waals surface area (Å²) in [5, 5.41) is 3.21. The Labute approximate surface area is 144 Å². The van der Waals surface area contributed by atoms with E-state index in [-0.39, 0.29) is 11.7 Å². The Morgan fingerprint density at radius 3 is 2.78 bits per heavy atom. The maximum absolute atomic E-state index is 13.8. The Morgan fingerprint density at radius 2 is 2.04 bits per heavy atom. The average Bonchev–Trinajstić information content (AvgIpc) is 3.00. The molecule has 0 unspecified atom stereocenters. The number of hydrogen-bond donors (Lipinski definition) is 1. The summed E-state index contributed by atoms with van der Waals surface area (Å²) in [6.45, 7) is 1.85. The van der Waals surface area contributed by atoms with Crippen LogP contribution in [0.4, 0.5) is 10.2 Å². The number of anilines is 1. The highest BCUT2D eigenvalue weighted by atomic mass is 79.9. The van der Waals surface area contributed by atoms with Gasteiger partial charge < -0.3 is 5.32 Å². The van der Waals surface area contributed by atoms with E-state index in [1.165, 1.54) is 12.3 Å². The number of amides is 1. The number of aromatic nitrogens is 2. The van der Waals surface area contributed by atoms with Crippen molar-refractivity contribution < 1.29 is 9.18 Å². The molecule has 3 rings (SSSR count). The number of aryl methyl sites for hydroxylation is 1. The third kappa shape index (κ3) is 3.46. The fourth-order valence-corrected chi connectivity index (χ4v) is 3.26. The third-order valence-electron chi connectivity index (χ3n) is 3.11. The van der Waals surface area contributed by atoms with E-state index in [9.17, 15) is 9.18 Å². The zero-order valence-corrected chi connectivity index (χ0v) is 14.4. The molecule has 2 aromatic heterocycles. The molecule has 0 aliphatic carbocycles. The second-order valence-electron chi connectivity index (χ2n) is 4.78. The Kier molecular flexibility index (Phi) is 4.49. The van der Waals surface area contributed by atoms with Gasteiger partial charge in [0.1, 0.15) is 21.5 Å². The molecule has 0 atom stereocenters. The summed E-state index contributed by atoms with van der Waals surface area (Å²) in [4.78, 5) is 21.0. The van der Waals surface area contributed by atoms with Gasteiger partial charge in [-0.05, 0) is 46.6 Å². The van der Waals surface area contributed by atoms with Gasteiger partial charge in [0.2, 0.25) is 0 Å². The molecule has 2 heterocycles. The van der Waals surface area contributed by atoms with Crippen LogP contribution in [0.5, 0.6) is 0 Å². The SMILES string of the molecule is Cc1cc(Br)cnc1NC(=O)c1cnc(-c2ccccc2F)s1. The van der Waals surface area contributed by atoms with Gasteiger partial charge in [-0.25, -0.2) is 14.4 Å². The van der Waals surface area contributed by atoms with Crippen molar-refractivity contribution in [1.29, 1.82) is 0 Å². The average molecular weight is 392 g/mol. The Morgan fingerprint density at radius 1 is 1.26 bits per heavy atom. The van der Waals surface area contributed by atoms with E-state index in [1.54, 1.807) is 24.4 Å². The summed E-state index contributed by atoms with van der Waals surface area (Å²) in [5.41, 5.74) is 1.22.